The molecule has 1 saturated heterocycles. The van der Waals surface area contributed by atoms with Gasteiger partial charge in [0.05, 0.1) is 17.8 Å². The predicted molar refractivity (Wildman–Crippen MR) is 94.7 cm³/mol. The van der Waals surface area contributed by atoms with E-state index in [0.717, 1.165) is 18.4 Å². The predicted octanol–water partition coefficient (Wildman–Crippen LogP) is 3.27. The molecule has 1 aliphatic heterocycles. The Morgan fingerprint density at radius 2 is 1.84 bits per heavy atom. The first kappa shape index (κ1) is 17.9. The molecule has 0 radical (unpaired) electrons. The Morgan fingerprint density at radius 1 is 1.12 bits per heavy atom. The highest BCUT2D eigenvalue weighted by molar-refractivity contribution is 5.89. The smallest absolute Gasteiger partial charge is 0.335 e. The number of carboxylic acid groups (broad SMARTS) is 1. The van der Waals surface area contributed by atoms with Gasteiger partial charge in [0.1, 0.15) is 0 Å². The van der Waals surface area contributed by atoms with Crippen LogP contribution in [-0.2, 0) is 16.0 Å². The van der Waals surface area contributed by atoms with E-state index in [0.29, 0.717) is 32.5 Å². The first-order chi connectivity index (χ1) is 12.1. The van der Waals surface area contributed by atoms with Crippen LogP contribution in [-0.4, -0.2) is 47.2 Å². The highest BCUT2D eigenvalue weighted by Crippen LogP contribution is 2.33. The molecule has 5 heteroatoms. The van der Waals surface area contributed by atoms with Gasteiger partial charge >= 0.3 is 5.97 Å². The van der Waals surface area contributed by atoms with Crippen LogP contribution in [0.4, 0.5) is 0 Å². The summed E-state index contributed by atoms with van der Waals surface area (Å²) in [5.74, 6) is -0.834. The SMILES string of the molecule is O=C(O)c1ccccc1CCC(=O)N1CCOC2(CCCCCC2)C1. The molecule has 25 heavy (non-hydrogen) atoms. The first-order valence-electron chi connectivity index (χ1n) is 9.33. The lowest BCUT2D eigenvalue weighted by Crippen LogP contribution is -2.53. The summed E-state index contributed by atoms with van der Waals surface area (Å²) in [6.07, 6.45) is 7.75. The van der Waals surface area contributed by atoms with E-state index < -0.39 is 5.97 Å². The summed E-state index contributed by atoms with van der Waals surface area (Å²) in [7, 11) is 0. The van der Waals surface area contributed by atoms with E-state index >= 15 is 0 Å². The van der Waals surface area contributed by atoms with Gasteiger partial charge in [-0.2, -0.15) is 0 Å². The summed E-state index contributed by atoms with van der Waals surface area (Å²) < 4.78 is 6.11. The number of amides is 1. The number of aromatic carboxylic acids is 1. The molecule has 2 fully saturated rings. The molecular formula is C20H27NO4. The number of carboxylic acids is 1. The van der Waals surface area contributed by atoms with E-state index in [1.807, 2.05) is 11.0 Å². The maximum absolute atomic E-state index is 12.7. The van der Waals surface area contributed by atoms with Gasteiger partial charge in [-0.3, -0.25) is 4.79 Å². The van der Waals surface area contributed by atoms with Crippen molar-refractivity contribution in [2.45, 2.75) is 57.0 Å². The standard InChI is InChI=1S/C20H27NO4/c22-18(10-9-16-7-3-4-8-17(16)19(23)24)21-13-14-25-20(15-21)11-5-1-2-6-12-20/h3-4,7-8H,1-2,5-6,9-15H2,(H,23,24). The molecule has 136 valence electrons. The van der Waals surface area contributed by atoms with Gasteiger partial charge in [0, 0.05) is 19.5 Å². The average molecular weight is 345 g/mol. The van der Waals surface area contributed by atoms with E-state index in [4.69, 9.17) is 4.74 Å². The molecule has 1 heterocycles. The number of rotatable bonds is 4. The Kier molecular flexibility index (Phi) is 5.74. The van der Waals surface area contributed by atoms with Crippen molar-refractivity contribution in [3.63, 3.8) is 0 Å². The molecule has 5 nitrogen and oxygen atoms in total. The van der Waals surface area contributed by atoms with Gasteiger partial charge in [0.15, 0.2) is 0 Å². The van der Waals surface area contributed by atoms with Crippen LogP contribution >= 0.6 is 0 Å². The van der Waals surface area contributed by atoms with E-state index in [2.05, 4.69) is 0 Å². The van der Waals surface area contributed by atoms with Crippen molar-refractivity contribution in [1.82, 2.24) is 4.90 Å². The van der Waals surface area contributed by atoms with E-state index in [1.54, 1.807) is 18.2 Å². The van der Waals surface area contributed by atoms with Crippen LogP contribution in [0.15, 0.2) is 24.3 Å². The summed E-state index contributed by atoms with van der Waals surface area (Å²) >= 11 is 0. The van der Waals surface area contributed by atoms with Crippen molar-refractivity contribution in [2.75, 3.05) is 19.7 Å². The first-order valence-corrected chi connectivity index (χ1v) is 9.33. The fourth-order valence-electron chi connectivity index (χ4n) is 4.08. The van der Waals surface area contributed by atoms with Gasteiger partial charge < -0.3 is 14.7 Å². The Bertz CT molecular complexity index is 620. The second-order valence-electron chi connectivity index (χ2n) is 7.22. The van der Waals surface area contributed by atoms with Crippen LogP contribution in [0.3, 0.4) is 0 Å². The molecular weight excluding hydrogens is 318 g/mol. The van der Waals surface area contributed by atoms with E-state index in [1.165, 1.54) is 25.7 Å². The fourth-order valence-corrected chi connectivity index (χ4v) is 4.08. The fraction of sp³-hybridized carbons (Fsp3) is 0.600. The minimum Gasteiger partial charge on any atom is -0.478 e. The highest BCUT2D eigenvalue weighted by Gasteiger charge is 2.38. The number of carbonyl (C=O) groups is 2. The molecule has 0 unspecified atom stereocenters. The second kappa shape index (κ2) is 8.00. The van der Waals surface area contributed by atoms with Crippen LogP contribution in [0, 0.1) is 0 Å². The van der Waals surface area contributed by atoms with Crippen LogP contribution in [0.25, 0.3) is 0 Å². The van der Waals surface area contributed by atoms with Gasteiger partial charge in [0.2, 0.25) is 5.91 Å². The van der Waals surface area contributed by atoms with Crippen molar-refractivity contribution in [2.24, 2.45) is 0 Å². The van der Waals surface area contributed by atoms with Crippen molar-refractivity contribution < 1.29 is 19.4 Å². The van der Waals surface area contributed by atoms with Crippen LogP contribution in [0.1, 0.15) is 60.9 Å². The normalized spacial score (nSPS) is 20.2. The quantitative estimate of drug-likeness (QED) is 0.909. The summed E-state index contributed by atoms with van der Waals surface area (Å²) in [5.41, 5.74) is 0.863. The molecule has 2 aliphatic rings. The topological polar surface area (TPSA) is 66.8 Å². The Morgan fingerprint density at radius 3 is 2.56 bits per heavy atom. The molecule has 1 amide bonds. The molecule has 0 bridgehead atoms. The molecule has 1 aromatic carbocycles. The van der Waals surface area contributed by atoms with Crippen molar-refractivity contribution >= 4 is 11.9 Å². The van der Waals surface area contributed by atoms with E-state index in [9.17, 15) is 14.7 Å². The Labute approximate surface area is 149 Å². The minimum atomic E-state index is -0.938. The maximum Gasteiger partial charge on any atom is 0.335 e. The molecule has 0 aromatic heterocycles. The molecule has 1 aliphatic carbocycles. The van der Waals surface area contributed by atoms with Gasteiger partial charge in [-0.05, 0) is 30.9 Å². The van der Waals surface area contributed by atoms with Gasteiger partial charge in [-0.1, -0.05) is 43.9 Å². The second-order valence-corrected chi connectivity index (χ2v) is 7.22. The van der Waals surface area contributed by atoms with Crippen LogP contribution in [0.5, 0.6) is 0 Å². The number of benzene rings is 1. The number of morpholine rings is 1. The summed E-state index contributed by atoms with van der Waals surface area (Å²) in [5, 5.41) is 9.26. The van der Waals surface area contributed by atoms with Gasteiger partial charge in [-0.15, -0.1) is 0 Å². The molecule has 0 atom stereocenters. The number of nitrogens with zero attached hydrogens (tertiary/aromatic N) is 1. The number of aryl methyl sites for hydroxylation is 1. The Balaban J connectivity index is 1.60. The zero-order chi connectivity index (χ0) is 17.7. The van der Waals surface area contributed by atoms with Gasteiger partial charge in [0.25, 0.3) is 0 Å². The number of hydrogen-bond acceptors (Lipinski definition) is 3. The lowest BCUT2D eigenvalue weighted by molar-refractivity contribution is -0.153. The minimum absolute atomic E-state index is 0.104. The molecule has 3 rings (SSSR count). The number of hydrogen-bond donors (Lipinski definition) is 1. The number of ether oxygens (including phenoxy) is 1. The third-order valence-electron chi connectivity index (χ3n) is 5.47. The monoisotopic (exact) mass is 345 g/mol. The zero-order valence-corrected chi connectivity index (χ0v) is 14.7. The summed E-state index contributed by atoms with van der Waals surface area (Å²) in [6.45, 7) is 1.94. The van der Waals surface area contributed by atoms with Crippen molar-refractivity contribution in [3.05, 3.63) is 35.4 Å². The van der Waals surface area contributed by atoms with Crippen LogP contribution in [0.2, 0.25) is 0 Å². The summed E-state index contributed by atoms with van der Waals surface area (Å²) in [4.78, 5) is 25.9. The summed E-state index contributed by atoms with van der Waals surface area (Å²) in [6, 6.07) is 6.92. The molecule has 1 N–H and O–H groups in total. The maximum atomic E-state index is 12.7. The lowest BCUT2D eigenvalue weighted by Gasteiger charge is -2.42. The van der Waals surface area contributed by atoms with E-state index in [-0.39, 0.29) is 17.1 Å². The number of carbonyl (C=O) groups excluding carboxylic acids is 1. The third kappa shape index (κ3) is 4.40. The van der Waals surface area contributed by atoms with Crippen LogP contribution < -0.4 is 0 Å². The zero-order valence-electron chi connectivity index (χ0n) is 14.7. The van der Waals surface area contributed by atoms with Crippen molar-refractivity contribution in [3.8, 4) is 0 Å². The average Bonchev–Trinajstić information content (AvgIpc) is 2.85. The lowest BCUT2D eigenvalue weighted by atomic mass is 9.92. The van der Waals surface area contributed by atoms with Gasteiger partial charge in [-0.25, -0.2) is 4.79 Å². The molecule has 1 spiro atoms. The third-order valence-corrected chi connectivity index (χ3v) is 5.47. The van der Waals surface area contributed by atoms with Crippen molar-refractivity contribution in [1.29, 1.82) is 0 Å². The highest BCUT2D eigenvalue weighted by atomic mass is 16.5. The molecule has 1 saturated carbocycles. The molecule has 1 aromatic rings. The largest absolute Gasteiger partial charge is 0.478 e. The Hall–Kier alpha value is -1.88.